The maximum atomic E-state index is 4.79. The van der Waals surface area contributed by atoms with Gasteiger partial charge in [-0.3, -0.25) is 4.99 Å². The Kier molecular flexibility index (Phi) is 6.94. The SMILES string of the molecule is C=C/C(=C(C)\C(N=C(C)C)=C(/C)CC)C1CCNCC1. The fourth-order valence-electron chi connectivity index (χ4n) is 2.79. The van der Waals surface area contributed by atoms with Crippen LogP contribution in [0, 0.1) is 5.92 Å². The van der Waals surface area contributed by atoms with Crippen LogP contribution in [-0.4, -0.2) is 18.8 Å². The van der Waals surface area contributed by atoms with Gasteiger partial charge in [-0.05, 0) is 82.7 Å². The van der Waals surface area contributed by atoms with Crippen molar-refractivity contribution in [2.24, 2.45) is 10.9 Å². The smallest absolute Gasteiger partial charge is 0.0649 e. The van der Waals surface area contributed by atoms with Gasteiger partial charge in [-0.25, -0.2) is 0 Å². The standard InChI is InChI=1S/C18H30N2/c1-7-14(5)18(20-13(3)4)15(6)17(8-2)16-9-11-19-12-10-16/h8,16,19H,2,7,9-12H2,1,3-6H3/b17-15+,18-14-. The summed E-state index contributed by atoms with van der Waals surface area (Å²) in [5.41, 5.74) is 6.34. The van der Waals surface area contributed by atoms with Crippen molar-refractivity contribution in [2.75, 3.05) is 13.1 Å². The van der Waals surface area contributed by atoms with Crippen molar-refractivity contribution in [3.05, 3.63) is 35.1 Å². The first-order valence-electron chi connectivity index (χ1n) is 7.77. The molecule has 1 N–H and O–H groups in total. The summed E-state index contributed by atoms with van der Waals surface area (Å²) in [6.07, 6.45) is 5.49. The lowest BCUT2D eigenvalue weighted by atomic mass is 9.85. The fraction of sp³-hybridized carbons (Fsp3) is 0.611. The summed E-state index contributed by atoms with van der Waals surface area (Å²) < 4.78 is 0. The molecule has 2 heteroatoms. The summed E-state index contributed by atoms with van der Waals surface area (Å²) in [5, 5.41) is 3.43. The number of allylic oxidation sites excluding steroid dienone is 4. The lowest BCUT2D eigenvalue weighted by Crippen LogP contribution is -2.28. The second kappa shape index (κ2) is 8.21. The summed E-state index contributed by atoms with van der Waals surface area (Å²) >= 11 is 0. The van der Waals surface area contributed by atoms with Gasteiger partial charge in [-0.1, -0.05) is 19.6 Å². The molecule has 1 aliphatic rings. The van der Waals surface area contributed by atoms with Gasteiger partial charge in [0.1, 0.15) is 0 Å². The van der Waals surface area contributed by atoms with Crippen molar-refractivity contribution in [3.8, 4) is 0 Å². The van der Waals surface area contributed by atoms with Crippen molar-refractivity contribution in [3.63, 3.8) is 0 Å². The van der Waals surface area contributed by atoms with Crippen molar-refractivity contribution < 1.29 is 0 Å². The first-order chi connectivity index (χ1) is 9.51. The summed E-state index contributed by atoms with van der Waals surface area (Å²) in [7, 11) is 0. The number of nitrogens with zero attached hydrogens (tertiary/aromatic N) is 1. The molecule has 0 bridgehead atoms. The number of rotatable bonds is 5. The molecular formula is C18H30N2. The first kappa shape index (κ1) is 16.9. The predicted octanol–water partition coefficient (Wildman–Crippen LogP) is 4.65. The maximum absolute atomic E-state index is 4.79. The molecule has 1 aliphatic heterocycles. The molecule has 0 radical (unpaired) electrons. The predicted molar refractivity (Wildman–Crippen MR) is 90.3 cm³/mol. The van der Waals surface area contributed by atoms with Crippen LogP contribution in [0.3, 0.4) is 0 Å². The Morgan fingerprint density at radius 1 is 1.20 bits per heavy atom. The van der Waals surface area contributed by atoms with Gasteiger partial charge in [-0.15, -0.1) is 0 Å². The highest BCUT2D eigenvalue weighted by atomic mass is 14.9. The van der Waals surface area contributed by atoms with Gasteiger partial charge in [0.05, 0.1) is 5.70 Å². The van der Waals surface area contributed by atoms with E-state index in [-0.39, 0.29) is 0 Å². The molecule has 1 rings (SSSR count). The molecule has 1 heterocycles. The van der Waals surface area contributed by atoms with E-state index in [2.05, 4.69) is 52.6 Å². The molecule has 0 aromatic heterocycles. The van der Waals surface area contributed by atoms with Crippen LogP contribution in [0.15, 0.2) is 40.1 Å². The van der Waals surface area contributed by atoms with Gasteiger partial charge in [-0.2, -0.15) is 0 Å². The van der Waals surface area contributed by atoms with Crippen LogP contribution >= 0.6 is 0 Å². The molecule has 20 heavy (non-hydrogen) atoms. The molecule has 0 amide bonds. The highest BCUT2D eigenvalue weighted by molar-refractivity contribution is 5.80. The lowest BCUT2D eigenvalue weighted by Gasteiger charge is -2.26. The topological polar surface area (TPSA) is 24.4 Å². The zero-order valence-electron chi connectivity index (χ0n) is 13.8. The Morgan fingerprint density at radius 3 is 2.25 bits per heavy atom. The summed E-state index contributed by atoms with van der Waals surface area (Å²) in [6, 6.07) is 0. The second-order valence-corrected chi connectivity index (χ2v) is 5.85. The number of hydrogen-bond donors (Lipinski definition) is 1. The number of hydrogen-bond acceptors (Lipinski definition) is 2. The van der Waals surface area contributed by atoms with E-state index in [1.54, 1.807) is 0 Å². The van der Waals surface area contributed by atoms with Crippen LogP contribution < -0.4 is 5.32 Å². The summed E-state index contributed by atoms with van der Waals surface area (Å²) in [4.78, 5) is 4.79. The highest BCUT2D eigenvalue weighted by Crippen LogP contribution is 2.30. The van der Waals surface area contributed by atoms with Crippen LogP contribution in [0.4, 0.5) is 0 Å². The van der Waals surface area contributed by atoms with E-state index in [0.717, 1.165) is 25.2 Å². The molecule has 0 atom stereocenters. The average molecular weight is 274 g/mol. The third-order valence-corrected chi connectivity index (χ3v) is 4.06. The summed E-state index contributed by atoms with van der Waals surface area (Å²) in [6.45, 7) is 17.0. The third kappa shape index (κ3) is 4.45. The zero-order valence-corrected chi connectivity index (χ0v) is 13.8. The average Bonchev–Trinajstić information content (AvgIpc) is 2.45. The Bertz CT molecular complexity index is 428. The molecular weight excluding hydrogens is 244 g/mol. The quantitative estimate of drug-likeness (QED) is 0.572. The van der Waals surface area contributed by atoms with E-state index in [1.807, 2.05) is 0 Å². The molecule has 112 valence electrons. The Labute approximate surface area is 124 Å². The molecule has 0 aromatic rings. The monoisotopic (exact) mass is 274 g/mol. The van der Waals surface area contributed by atoms with Crippen molar-refractivity contribution in [2.45, 2.75) is 53.9 Å². The maximum Gasteiger partial charge on any atom is 0.0649 e. The molecule has 1 saturated heterocycles. The highest BCUT2D eigenvalue weighted by Gasteiger charge is 2.19. The molecule has 0 aromatic carbocycles. The van der Waals surface area contributed by atoms with E-state index in [4.69, 9.17) is 4.99 Å². The van der Waals surface area contributed by atoms with Crippen LogP contribution in [0.25, 0.3) is 0 Å². The largest absolute Gasteiger partial charge is 0.317 e. The Hall–Kier alpha value is -1.15. The van der Waals surface area contributed by atoms with Crippen LogP contribution in [0.5, 0.6) is 0 Å². The number of nitrogens with one attached hydrogen (secondary N) is 1. The van der Waals surface area contributed by atoms with Crippen LogP contribution in [-0.2, 0) is 0 Å². The van der Waals surface area contributed by atoms with E-state index in [9.17, 15) is 0 Å². The normalized spacial score (nSPS) is 19.1. The minimum atomic E-state index is 0.626. The minimum Gasteiger partial charge on any atom is -0.317 e. The molecule has 1 fully saturated rings. The van der Waals surface area contributed by atoms with Crippen LogP contribution in [0.2, 0.25) is 0 Å². The van der Waals surface area contributed by atoms with E-state index < -0.39 is 0 Å². The third-order valence-electron chi connectivity index (χ3n) is 4.06. The van der Waals surface area contributed by atoms with Gasteiger partial charge in [0.15, 0.2) is 0 Å². The zero-order chi connectivity index (χ0) is 15.1. The lowest BCUT2D eigenvalue weighted by molar-refractivity contribution is 0.423. The van der Waals surface area contributed by atoms with E-state index in [0.29, 0.717) is 5.92 Å². The van der Waals surface area contributed by atoms with Gasteiger partial charge in [0, 0.05) is 5.71 Å². The fourth-order valence-corrected chi connectivity index (χ4v) is 2.79. The Morgan fingerprint density at radius 2 is 1.80 bits per heavy atom. The number of aliphatic imine (C=N–C) groups is 1. The number of piperidine rings is 1. The Balaban J connectivity index is 3.24. The van der Waals surface area contributed by atoms with Gasteiger partial charge in [0.25, 0.3) is 0 Å². The molecule has 0 spiro atoms. The van der Waals surface area contributed by atoms with E-state index in [1.165, 1.54) is 35.3 Å². The van der Waals surface area contributed by atoms with Crippen LogP contribution in [0.1, 0.15) is 53.9 Å². The minimum absolute atomic E-state index is 0.626. The molecule has 0 saturated carbocycles. The van der Waals surface area contributed by atoms with Crippen molar-refractivity contribution in [1.82, 2.24) is 5.32 Å². The van der Waals surface area contributed by atoms with Crippen molar-refractivity contribution >= 4 is 5.71 Å². The first-order valence-corrected chi connectivity index (χ1v) is 7.77. The molecule has 0 unspecified atom stereocenters. The molecule has 0 aliphatic carbocycles. The molecule has 2 nitrogen and oxygen atoms in total. The van der Waals surface area contributed by atoms with Gasteiger partial charge < -0.3 is 5.32 Å². The summed E-state index contributed by atoms with van der Waals surface area (Å²) in [5.74, 6) is 0.626. The van der Waals surface area contributed by atoms with Gasteiger partial charge >= 0.3 is 0 Å². The van der Waals surface area contributed by atoms with E-state index >= 15 is 0 Å². The van der Waals surface area contributed by atoms with Gasteiger partial charge in [0.2, 0.25) is 0 Å². The van der Waals surface area contributed by atoms with Crippen molar-refractivity contribution in [1.29, 1.82) is 0 Å². The second-order valence-electron chi connectivity index (χ2n) is 5.85.